The van der Waals surface area contributed by atoms with E-state index in [2.05, 4.69) is 0 Å². The second kappa shape index (κ2) is 12.5. The van der Waals surface area contributed by atoms with Crippen LogP contribution in [0.2, 0.25) is 0 Å². The van der Waals surface area contributed by atoms with Gasteiger partial charge in [-0.25, -0.2) is 4.79 Å². The highest BCUT2D eigenvalue weighted by Gasteiger charge is 2.45. The molecule has 3 heterocycles. The minimum atomic E-state index is -1.08. The van der Waals surface area contributed by atoms with Gasteiger partial charge >= 0.3 is 12.1 Å². The van der Waals surface area contributed by atoms with E-state index in [0.29, 0.717) is 23.7 Å². The average molecular weight is 616 g/mol. The Labute approximate surface area is 258 Å². The zero-order valence-corrected chi connectivity index (χ0v) is 26.4. The van der Waals surface area contributed by atoms with Crippen molar-refractivity contribution in [1.82, 2.24) is 4.90 Å². The van der Waals surface area contributed by atoms with Crippen molar-refractivity contribution in [3.63, 3.8) is 0 Å². The van der Waals surface area contributed by atoms with Gasteiger partial charge in [-0.1, -0.05) is 0 Å². The first-order chi connectivity index (χ1) is 20.7. The van der Waals surface area contributed by atoms with Crippen LogP contribution in [0.25, 0.3) is 0 Å². The van der Waals surface area contributed by atoms with E-state index in [1.54, 1.807) is 62.6 Å². The molecule has 1 aromatic carbocycles. The highest BCUT2D eigenvalue weighted by atomic mass is 16.7. The Bertz CT molecular complexity index is 1270. The number of hydrogen-bond acceptors (Lipinski definition) is 8. The molecule has 1 aliphatic carbocycles. The first-order valence-electron chi connectivity index (χ1n) is 15.7. The number of benzene rings is 1. The topological polar surface area (TPSA) is 135 Å². The molecule has 0 radical (unpaired) electrons. The van der Waals surface area contributed by atoms with Crippen LogP contribution >= 0.6 is 0 Å². The fourth-order valence-electron chi connectivity index (χ4n) is 6.03. The molecule has 1 N–H and O–H groups in total. The summed E-state index contributed by atoms with van der Waals surface area (Å²) in [6, 6.07) is 5.30. The molecule has 12 heteroatoms. The lowest BCUT2D eigenvalue weighted by atomic mass is 9.88. The summed E-state index contributed by atoms with van der Waals surface area (Å²) in [4.78, 5) is 57.4. The molecule has 4 aliphatic rings. The number of ether oxygens (including phenoxy) is 4. The summed E-state index contributed by atoms with van der Waals surface area (Å²) in [6.45, 7) is 9.94. The van der Waals surface area contributed by atoms with Gasteiger partial charge in [-0.3, -0.25) is 14.4 Å². The number of rotatable bonds is 8. The van der Waals surface area contributed by atoms with E-state index in [0.717, 1.165) is 32.1 Å². The number of carboxylic acid groups (broad SMARTS) is 1. The maximum absolute atomic E-state index is 14.2. The molecule has 3 aliphatic heterocycles. The maximum atomic E-state index is 14.2. The van der Waals surface area contributed by atoms with E-state index >= 15 is 0 Å². The Kier molecular flexibility index (Phi) is 9.13. The first kappa shape index (κ1) is 32.0. The van der Waals surface area contributed by atoms with E-state index in [1.807, 2.05) is 0 Å². The summed E-state index contributed by atoms with van der Waals surface area (Å²) in [5.41, 5.74) is -0.707. The van der Waals surface area contributed by atoms with Crippen LogP contribution in [0, 0.1) is 11.8 Å². The van der Waals surface area contributed by atoms with Crippen LogP contribution in [0.1, 0.15) is 73.1 Å². The van der Waals surface area contributed by atoms with Gasteiger partial charge in [0, 0.05) is 38.0 Å². The number of carbonyl (C=O) groups excluding carboxylic acids is 3. The predicted octanol–water partition coefficient (Wildman–Crippen LogP) is 4.19. The van der Waals surface area contributed by atoms with Gasteiger partial charge in [-0.05, 0) is 91.3 Å². The number of likely N-dealkylation sites (tertiary alicyclic amines) is 1. The molecule has 44 heavy (non-hydrogen) atoms. The third-order valence-corrected chi connectivity index (χ3v) is 8.34. The predicted molar refractivity (Wildman–Crippen MR) is 161 cm³/mol. The quantitative estimate of drug-likeness (QED) is 0.457. The van der Waals surface area contributed by atoms with Gasteiger partial charge in [0.25, 0.3) is 5.91 Å². The van der Waals surface area contributed by atoms with Crippen LogP contribution in [-0.4, -0.2) is 90.3 Å². The van der Waals surface area contributed by atoms with Crippen LogP contribution in [0.4, 0.5) is 16.2 Å². The van der Waals surface area contributed by atoms with Crippen LogP contribution in [0.5, 0.6) is 5.75 Å². The molecule has 5 rings (SSSR count). The second-order valence-electron chi connectivity index (χ2n) is 13.7. The number of fused-ring (bicyclic) bond motifs is 1. The summed E-state index contributed by atoms with van der Waals surface area (Å²) >= 11 is 0. The molecule has 12 nitrogen and oxygen atoms in total. The minimum absolute atomic E-state index is 0.0194. The maximum Gasteiger partial charge on any atom is 0.410 e. The summed E-state index contributed by atoms with van der Waals surface area (Å²) in [7, 11) is 0. The van der Waals surface area contributed by atoms with Gasteiger partial charge in [0.2, 0.25) is 5.91 Å². The summed E-state index contributed by atoms with van der Waals surface area (Å²) in [5.74, 6) is -2.63. The molecule has 3 atom stereocenters. The van der Waals surface area contributed by atoms with Gasteiger partial charge in [0.1, 0.15) is 11.4 Å². The van der Waals surface area contributed by atoms with Crippen LogP contribution in [0.15, 0.2) is 18.2 Å². The molecular formula is C32H45N3O9. The lowest BCUT2D eigenvalue weighted by Crippen LogP contribution is -2.54. The number of aliphatic carboxylic acids is 1. The number of piperidine rings is 1. The van der Waals surface area contributed by atoms with Crippen molar-refractivity contribution < 1.29 is 43.2 Å². The third-order valence-electron chi connectivity index (χ3n) is 8.34. The van der Waals surface area contributed by atoms with Gasteiger partial charge in [-0.2, -0.15) is 0 Å². The Balaban J connectivity index is 1.39. The fraction of sp³-hybridized carbons (Fsp3) is 0.688. The van der Waals surface area contributed by atoms with Gasteiger partial charge in [0.15, 0.2) is 11.9 Å². The molecule has 0 bridgehead atoms. The molecule has 1 unspecified atom stereocenters. The van der Waals surface area contributed by atoms with Gasteiger partial charge in [-0.15, -0.1) is 0 Å². The number of anilines is 2. The Morgan fingerprint density at radius 3 is 2.45 bits per heavy atom. The lowest BCUT2D eigenvalue weighted by molar-refractivity contribution is -0.161. The highest BCUT2D eigenvalue weighted by Crippen LogP contribution is 2.43. The molecule has 2 saturated heterocycles. The SMILES string of the molecule is CC(C)(C)OC(=O)N1C[C@@H](C(=O)O)C[C@@H](C(=O)N(c2ccc3c(c2)N(CCOC2CCCCO2)C(=O)C(C)(C)O3)C2CC2)C1. The molecule has 1 aromatic rings. The number of carbonyl (C=O) groups is 4. The van der Waals surface area contributed by atoms with E-state index < -0.39 is 35.1 Å². The molecule has 1 saturated carbocycles. The molecular weight excluding hydrogens is 570 g/mol. The molecule has 0 spiro atoms. The average Bonchev–Trinajstić information content (AvgIpc) is 3.80. The Morgan fingerprint density at radius 2 is 1.82 bits per heavy atom. The molecule has 3 amide bonds. The Morgan fingerprint density at radius 1 is 1.09 bits per heavy atom. The van der Waals surface area contributed by atoms with Crippen molar-refractivity contribution in [2.45, 2.75) is 96.7 Å². The summed E-state index contributed by atoms with van der Waals surface area (Å²) in [6.07, 6.45) is 3.66. The standard InChI is InChI=1S/C32H45N3O9/c1-31(2,3)44-30(40)33-18-20(16-21(19-33)28(37)38)27(36)35(22-9-10-22)23-11-12-25-24(17-23)34(29(39)32(4,5)43-25)13-15-42-26-8-6-7-14-41-26/h11-12,17,20-22,26H,6-10,13-16,18-19H2,1-5H3,(H,37,38)/t20-,21+,26?/m1/s1. The minimum Gasteiger partial charge on any atom is -0.481 e. The van der Waals surface area contributed by atoms with Crippen molar-refractivity contribution >= 4 is 35.3 Å². The van der Waals surface area contributed by atoms with Gasteiger partial charge in [0.05, 0.1) is 24.1 Å². The molecule has 3 fully saturated rings. The highest BCUT2D eigenvalue weighted by molar-refractivity contribution is 6.04. The van der Waals surface area contributed by atoms with Crippen molar-refractivity contribution in [3.8, 4) is 5.75 Å². The van der Waals surface area contributed by atoms with Crippen molar-refractivity contribution in [2.75, 3.05) is 42.6 Å². The molecule has 0 aromatic heterocycles. The number of amides is 3. The van der Waals surface area contributed by atoms with E-state index in [9.17, 15) is 24.3 Å². The van der Waals surface area contributed by atoms with Crippen LogP contribution in [-0.2, 0) is 28.6 Å². The monoisotopic (exact) mass is 615 g/mol. The van der Waals surface area contributed by atoms with E-state index in [-0.39, 0.29) is 56.8 Å². The fourth-order valence-corrected chi connectivity index (χ4v) is 6.03. The number of hydrogen-bond donors (Lipinski definition) is 1. The number of nitrogens with zero attached hydrogens (tertiary/aromatic N) is 3. The van der Waals surface area contributed by atoms with Crippen molar-refractivity contribution in [2.24, 2.45) is 11.8 Å². The zero-order valence-electron chi connectivity index (χ0n) is 26.4. The smallest absolute Gasteiger partial charge is 0.410 e. The largest absolute Gasteiger partial charge is 0.481 e. The summed E-state index contributed by atoms with van der Waals surface area (Å²) < 4.78 is 23.2. The van der Waals surface area contributed by atoms with E-state index in [4.69, 9.17) is 18.9 Å². The van der Waals surface area contributed by atoms with Crippen LogP contribution < -0.4 is 14.5 Å². The summed E-state index contributed by atoms with van der Waals surface area (Å²) in [5, 5.41) is 9.86. The lowest BCUT2D eigenvalue weighted by Gasteiger charge is -2.40. The van der Waals surface area contributed by atoms with Crippen LogP contribution in [0.3, 0.4) is 0 Å². The zero-order chi connectivity index (χ0) is 31.8. The normalized spacial score (nSPS) is 25.1. The van der Waals surface area contributed by atoms with Crippen molar-refractivity contribution in [1.29, 1.82) is 0 Å². The third kappa shape index (κ3) is 7.28. The number of carboxylic acids is 1. The van der Waals surface area contributed by atoms with Gasteiger partial charge < -0.3 is 38.8 Å². The second-order valence-corrected chi connectivity index (χ2v) is 13.7. The van der Waals surface area contributed by atoms with Crippen molar-refractivity contribution in [3.05, 3.63) is 18.2 Å². The first-order valence-corrected chi connectivity index (χ1v) is 15.7. The van der Waals surface area contributed by atoms with E-state index in [1.165, 1.54) is 4.90 Å². The Hall–Kier alpha value is -3.38. The molecule has 242 valence electrons.